The number of hydrogen-bond donors (Lipinski definition) is 3. The van der Waals surface area contributed by atoms with Crippen molar-refractivity contribution in [2.45, 2.75) is 26.0 Å². The van der Waals surface area contributed by atoms with E-state index in [9.17, 15) is 9.59 Å². The number of imide groups is 1. The smallest absolute Gasteiger partial charge is 0.347 e. The zero-order valence-corrected chi connectivity index (χ0v) is 8.37. The molecule has 1 fully saturated rings. The second kappa shape index (κ2) is 5.23. The Bertz CT molecular complexity index is 322. The van der Waals surface area contributed by atoms with E-state index in [0.717, 1.165) is 12.8 Å². The Morgan fingerprint density at radius 3 is 2.87 bits per heavy atom. The molecule has 1 aliphatic heterocycles. The molecule has 7 nitrogen and oxygen atoms in total. The Labute approximate surface area is 86.4 Å². The highest BCUT2D eigenvalue weighted by Crippen LogP contribution is 1.98. The maximum atomic E-state index is 11.2. The van der Waals surface area contributed by atoms with Gasteiger partial charge in [-0.15, -0.1) is 0 Å². The van der Waals surface area contributed by atoms with E-state index in [1.165, 1.54) is 0 Å². The van der Waals surface area contributed by atoms with Crippen LogP contribution in [0.5, 0.6) is 0 Å². The van der Waals surface area contributed by atoms with Crippen molar-refractivity contribution in [2.24, 2.45) is 0 Å². The standard InChI is InChI=1S/C8H12N4O3/c1-2-3-4-15-7-5(12-9)6(13)10-8(14)11-7/h7,9H,2-4H2,1H3,(H-,10,11,13,14)/p+1. The van der Waals surface area contributed by atoms with Crippen LogP contribution < -0.4 is 10.6 Å². The number of amides is 3. The first-order valence-corrected chi connectivity index (χ1v) is 4.66. The first-order valence-electron chi connectivity index (χ1n) is 4.66. The van der Waals surface area contributed by atoms with Crippen molar-refractivity contribution in [3.63, 3.8) is 0 Å². The molecule has 0 bridgehead atoms. The molecule has 1 saturated heterocycles. The fourth-order valence-corrected chi connectivity index (χ4v) is 1.09. The number of ether oxygens (including phenoxy) is 1. The van der Waals surface area contributed by atoms with Gasteiger partial charge in [0.1, 0.15) is 0 Å². The average Bonchev–Trinajstić information content (AvgIpc) is 2.17. The van der Waals surface area contributed by atoms with Crippen LogP contribution in [-0.2, 0) is 9.53 Å². The monoisotopic (exact) mass is 213 g/mol. The van der Waals surface area contributed by atoms with Crippen LogP contribution in [0.25, 0.3) is 0 Å². The van der Waals surface area contributed by atoms with Crippen LogP contribution in [0, 0.1) is 5.53 Å². The molecule has 0 aromatic carbocycles. The van der Waals surface area contributed by atoms with E-state index in [0.29, 0.717) is 6.61 Å². The zero-order chi connectivity index (χ0) is 11.3. The number of hydrogen-bond acceptors (Lipinski definition) is 4. The number of carbonyl (C=O) groups is 2. The molecule has 3 amide bonds. The van der Waals surface area contributed by atoms with Crippen molar-refractivity contribution in [3.8, 4) is 0 Å². The molecule has 0 spiro atoms. The van der Waals surface area contributed by atoms with Crippen molar-refractivity contribution >= 4 is 17.6 Å². The van der Waals surface area contributed by atoms with Crippen molar-refractivity contribution in [3.05, 3.63) is 0 Å². The van der Waals surface area contributed by atoms with E-state index >= 15 is 0 Å². The summed E-state index contributed by atoms with van der Waals surface area (Å²) < 4.78 is 5.22. The summed E-state index contributed by atoms with van der Waals surface area (Å²) in [7, 11) is 0. The van der Waals surface area contributed by atoms with Gasteiger partial charge < -0.3 is 10.1 Å². The number of carbonyl (C=O) groups excluding carboxylic acids is 2. The molecule has 0 aromatic rings. The summed E-state index contributed by atoms with van der Waals surface area (Å²) >= 11 is 0. The van der Waals surface area contributed by atoms with E-state index in [2.05, 4.69) is 10.1 Å². The highest BCUT2D eigenvalue weighted by atomic mass is 16.5. The lowest BCUT2D eigenvalue weighted by atomic mass is 10.2. The Balaban J connectivity index is 2.62. The molecule has 0 radical (unpaired) electrons. The largest absolute Gasteiger partial charge is 0.454 e. The topological polar surface area (TPSA) is 105 Å². The number of rotatable bonds is 4. The van der Waals surface area contributed by atoms with E-state index in [4.69, 9.17) is 10.3 Å². The summed E-state index contributed by atoms with van der Waals surface area (Å²) in [6.45, 7) is 2.41. The Hall–Kier alpha value is -1.72. The summed E-state index contributed by atoms with van der Waals surface area (Å²) in [5.41, 5.74) is 6.67. The third-order valence-corrected chi connectivity index (χ3v) is 1.87. The van der Waals surface area contributed by atoms with Crippen LogP contribution in [0.4, 0.5) is 4.79 Å². The van der Waals surface area contributed by atoms with Gasteiger partial charge >= 0.3 is 17.6 Å². The molecule has 0 saturated carbocycles. The normalized spacial score (nSPS) is 20.6. The molecular weight excluding hydrogens is 200 g/mol. The minimum atomic E-state index is -0.907. The second-order valence-electron chi connectivity index (χ2n) is 3.03. The van der Waals surface area contributed by atoms with Crippen LogP contribution in [0.15, 0.2) is 0 Å². The van der Waals surface area contributed by atoms with Crippen LogP contribution in [0.3, 0.4) is 0 Å². The lowest BCUT2D eigenvalue weighted by Gasteiger charge is -2.18. The molecule has 0 aromatic heterocycles. The van der Waals surface area contributed by atoms with Crippen LogP contribution in [-0.4, -0.2) is 35.3 Å². The predicted molar refractivity (Wildman–Crippen MR) is 49.3 cm³/mol. The van der Waals surface area contributed by atoms with Gasteiger partial charge in [-0.2, -0.15) is 0 Å². The van der Waals surface area contributed by atoms with Gasteiger partial charge in [-0.1, -0.05) is 13.3 Å². The molecule has 1 heterocycles. The minimum absolute atomic E-state index is 0.134. The summed E-state index contributed by atoms with van der Waals surface area (Å²) in [6.07, 6.45) is 0.856. The first-order chi connectivity index (χ1) is 7.19. The molecule has 1 aliphatic rings. The summed E-state index contributed by atoms with van der Waals surface area (Å²) in [5, 5.41) is 4.34. The van der Waals surface area contributed by atoms with Gasteiger partial charge in [0.2, 0.25) is 6.23 Å². The van der Waals surface area contributed by atoms with Crippen LogP contribution in [0.2, 0.25) is 0 Å². The summed E-state index contributed by atoms with van der Waals surface area (Å²) in [4.78, 5) is 25.2. The fourth-order valence-electron chi connectivity index (χ4n) is 1.09. The first kappa shape index (κ1) is 11.4. The summed E-state index contributed by atoms with van der Waals surface area (Å²) in [5.74, 6) is -0.685. The highest BCUT2D eigenvalue weighted by molar-refractivity contribution is 6.42. The third kappa shape index (κ3) is 2.87. The van der Waals surface area contributed by atoms with Gasteiger partial charge in [-0.3, -0.25) is 10.1 Å². The average molecular weight is 213 g/mol. The molecule has 7 heteroatoms. The number of nitrogens with zero attached hydrogens (tertiary/aromatic N) is 1. The highest BCUT2D eigenvalue weighted by Gasteiger charge is 2.41. The molecule has 0 aliphatic carbocycles. The second-order valence-corrected chi connectivity index (χ2v) is 3.03. The lowest BCUT2D eigenvalue weighted by molar-refractivity contribution is -0.147. The lowest BCUT2D eigenvalue weighted by Crippen LogP contribution is -2.60. The Kier molecular flexibility index (Phi) is 3.96. The fraction of sp³-hybridized carbons (Fsp3) is 0.625. The molecule has 3 N–H and O–H groups in total. The minimum Gasteiger partial charge on any atom is -0.347 e. The predicted octanol–water partition coefficient (Wildman–Crippen LogP) is -0.351. The van der Waals surface area contributed by atoms with Crippen LogP contribution >= 0.6 is 0 Å². The van der Waals surface area contributed by atoms with Gasteiger partial charge in [0.25, 0.3) is 0 Å². The van der Waals surface area contributed by atoms with Crippen molar-refractivity contribution in [1.82, 2.24) is 10.6 Å². The van der Waals surface area contributed by atoms with Crippen LogP contribution in [0.1, 0.15) is 19.8 Å². The van der Waals surface area contributed by atoms with E-state index in [-0.39, 0.29) is 5.71 Å². The van der Waals surface area contributed by atoms with E-state index in [1.807, 2.05) is 12.2 Å². The third-order valence-electron chi connectivity index (χ3n) is 1.87. The van der Waals surface area contributed by atoms with Gasteiger partial charge in [0, 0.05) is 6.61 Å². The quantitative estimate of drug-likeness (QED) is 0.337. The SMILES string of the molecule is CCCCOC1NC(=O)NC(=O)C1=[N+]=N. The Morgan fingerprint density at radius 2 is 2.27 bits per heavy atom. The van der Waals surface area contributed by atoms with Crippen molar-refractivity contribution in [2.75, 3.05) is 6.61 Å². The molecule has 1 rings (SSSR count). The maximum absolute atomic E-state index is 11.2. The van der Waals surface area contributed by atoms with E-state index < -0.39 is 18.2 Å². The summed E-state index contributed by atoms with van der Waals surface area (Å²) in [6, 6.07) is -0.631. The van der Waals surface area contributed by atoms with Crippen molar-refractivity contribution in [1.29, 1.82) is 5.53 Å². The maximum Gasteiger partial charge on any atom is 0.454 e. The van der Waals surface area contributed by atoms with Gasteiger partial charge in [-0.25, -0.2) is 4.79 Å². The molecule has 1 unspecified atom stereocenters. The van der Waals surface area contributed by atoms with Gasteiger partial charge in [-0.05, 0) is 6.42 Å². The molecule has 15 heavy (non-hydrogen) atoms. The Morgan fingerprint density at radius 1 is 1.53 bits per heavy atom. The molecule has 1 atom stereocenters. The molecule has 82 valence electrons. The number of urea groups is 1. The number of nitrogens with one attached hydrogen (secondary N) is 3. The van der Waals surface area contributed by atoms with Gasteiger partial charge in [0.15, 0.2) is 0 Å². The van der Waals surface area contributed by atoms with E-state index in [1.54, 1.807) is 0 Å². The number of unbranched alkanes of at least 4 members (excludes halogenated alkanes) is 1. The molecular formula is C8H13N4O3+. The zero-order valence-electron chi connectivity index (χ0n) is 8.37. The van der Waals surface area contributed by atoms with Gasteiger partial charge in [0.05, 0.1) is 10.3 Å². The van der Waals surface area contributed by atoms with Crippen molar-refractivity contribution < 1.29 is 19.1 Å².